The SMILES string of the molecule is O=C1CCCc2cc(C(=O)N[C@H](C(=O)N3C[C@H](Cl)[C@H]4OCC(=O)[C@H]43)C3CCCCC3)ccc2N1. The maximum absolute atomic E-state index is 13.8. The molecule has 4 atom stereocenters. The summed E-state index contributed by atoms with van der Waals surface area (Å²) in [6.45, 7) is 0.202. The molecule has 3 heterocycles. The van der Waals surface area contributed by atoms with Crippen molar-refractivity contribution in [3.8, 4) is 0 Å². The van der Waals surface area contributed by atoms with Crippen molar-refractivity contribution in [3.63, 3.8) is 0 Å². The van der Waals surface area contributed by atoms with Crippen LogP contribution in [0.5, 0.6) is 0 Å². The Morgan fingerprint density at radius 1 is 1.12 bits per heavy atom. The van der Waals surface area contributed by atoms with Gasteiger partial charge < -0.3 is 20.3 Å². The average Bonchev–Trinajstić information content (AvgIpc) is 3.31. The summed E-state index contributed by atoms with van der Waals surface area (Å²) in [5.74, 6) is -0.724. The van der Waals surface area contributed by atoms with Gasteiger partial charge in [-0.1, -0.05) is 19.3 Å². The van der Waals surface area contributed by atoms with E-state index in [0.717, 1.165) is 49.8 Å². The number of aryl methyl sites for hydroxylation is 1. The fraction of sp³-hybridized carbons (Fsp3) is 0.600. The molecule has 1 aliphatic carbocycles. The van der Waals surface area contributed by atoms with Gasteiger partial charge in [0.1, 0.15) is 24.8 Å². The number of fused-ring (bicyclic) bond motifs is 2. The lowest BCUT2D eigenvalue weighted by Crippen LogP contribution is -2.55. The Bertz CT molecular complexity index is 1010. The predicted molar refractivity (Wildman–Crippen MR) is 126 cm³/mol. The molecule has 9 heteroatoms. The number of hydrogen-bond acceptors (Lipinski definition) is 5. The van der Waals surface area contributed by atoms with Crippen LogP contribution in [0.15, 0.2) is 18.2 Å². The minimum atomic E-state index is -0.720. The molecule has 8 nitrogen and oxygen atoms in total. The first-order valence-electron chi connectivity index (χ1n) is 12.2. The van der Waals surface area contributed by atoms with Gasteiger partial charge in [-0.2, -0.15) is 0 Å². The lowest BCUT2D eigenvalue weighted by atomic mass is 9.83. The summed E-state index contributed by atoms with van der Waals surface area (Å²) in [5.41, 5.74) is 2.10. The molecule has 0 aromatic heterocycles. The Hall–Kier alpha value is -2.45. The molecule has 3 fully saturated rings. The van der Waals surface area contributed by atoms with Crippen molar-refractivity contribution in [1.29, 1.82) is 0 Å². The van der Waals surface area contributed by atoms with Crippen LogP contribution >= 0.6 is 11.6 Å². The first kappa shape index (κ1) is 23.3. The van der Waals surface area contributed by atoms with Crippen LogP contribution in [0.4, 0.5) is 5.69 Å². The zero-order valence-electron chi connectivity index (χ0n) is 19.1. The third-order valence-corrected chi connectivity index (χ3v) is 7.96. The van der Waals surface area contributed by atoms with Crippen molar-refractivity contribution in [2.45, 2.75) is 74.9 Å². The number of carbonyl (C=O) groups excluding carboxylic acids is 4. The van der Waals surface area contributed by atoms with E-state index in [2.05, 4.69) is 10.6 Å². The molecule has 2 N–H and O–H groups in total. The van der Waals surface area contributed by atoms with Gasteiger partial charge in [-0.05, 0) is 55.4 Å². The van der Waals surface area contributed by atoms with Crippen LogP contribution in [0, 0.1) is 5.92 Å². The highest BCUT2D eigenvalue weighted by Gasteiger charge is 2.53. The van der Waals surface area contributed by atoms with E-state index in [9.17, 15) is 19.2 Å². The van der Waals surface area contributed by atoms with Gasteiger partial charge in [0.2, 0.25) is 11.8 Å². The molecule has 1 aromatic carbocycles. The minimum absolute atomic E-state index is 0.00978. The van der Waals surface area contributed by atoms with Crippen molar-refractivity contribution in [2.24, 2.45) is 5.92 Å². The minimum Gasteiger partial charge on any atom is -0.366 e. The highest BCUT2D eigenvalue weighted by Crippen LogP contribution is 2.34. The molecule has 0 spiro atoms. The van der Waals surface area contributed by atoms with Crippen LogP contribution in [0.25, 0.3) is 0 Å². The van der Waals surface area contributed by atoms with Crippen molar-refractivity contribution < 1.29 is 23.9 Å². The molecular weight excluding hydrogens is 458 g/mol. The molecule has 2 saturated heterocycles. The number of halogens is 1. The Labute approximate surface area is 203 Å². The van der Waals surface area contributed by atoms with Crippen molar-refractivity contribution in [2.75, 3.05) is 18.5 Å². The second-order valence-corrected chi connectivity index (χ2v) is 10.4. The van der Waals surface area contributed by atoms with E-state index in [0.29, 0.717) is 18.4 Å². The number of amides is 3. The molecular formula is C25H30ClN3O5. The van der Waals surface area contributed by atoms with Crippen LogP contribution in [0.3, 0.4) is 0 Å². The molecule has 1 aromatic rings. The van der Waals surface area contributed by atoms with E-state index in [1.807, 2.05) is 0 Å². The zero-order valence-corrected chi connectivity index (χ0v) is 19.8. The summed E-state index contributed by atoms with van der Waals surface area (Å²) in [5, 5.41) is 5.44. The lowest BCUT2D eigenvalue weighted by molar-refractivity contribution is -0.139. The Balaban J connectivity index is 1.38. The first-order chi connectivity index (χ1) is 16.4. The number of nitrogens with zero attached hydrogens (tertiary/aromatic N) is 1. The van der Waals surface area contributed by atoms with Crippen LogP contribution in [-0.2, 0) is 25.5 Å². The number of nitrogens with one attached hydrogen (secondary N) is 2. The van der Waals surface area contributed by atoms with E-state index < -0.39 is 23.6 Å². The Kier molecular flexibility index (Phi) is 6.62. The van der Waals surface area contributed by atoms with E-state index in [4.69, 9.17) is 16.3 Å². The van der Waals surface area contributed by atoms with Crippen LogP contribution in [-0.4, -0.2) is 65.1 Å². The van der Waals surface area contributed by atoms with Gasteiger partial charge in [0.05, 0.1) is 5.38 Å². The van der Waals surface area contributed by atoms with Crippen LogP contribution < -0.4 is 10.6 Å². The van der Waals surface area contributed by atoms with E-state index in [1.165, 1.54) is 4.90 Å². The molecule has 182 valence electrons. The highest BCUT2D eigenvalue weighted by atomic mass is 35.5. The maximum atomic E-state index is 13.8. The number of benzene rings is 1. The molecule has 0 unspecified atom stereocenters. The van der Waals surface area contributed by atoms with Gasteiger partial charge in [0.25, 0.3) is 5.91 Å². The quantitative estimate of drug-likeness (QED) is 0.635. The van der Waals surface area contributed by atoms with Gasteiger partial charge in [0.15, 0.2) is 5.78 Å². The zero-order chi connectivity index (χ0) is 23.8. The Morgan fingerprint density at radius 2 is 1.91 bits per heavy atom. The number of ether oxygens (including phenoxy) is 1. The van der Waals surface area contributed by atoms with Crippen molar-refractivity contribution in [3.05, 3.63) is 29.3 Å². The average molecular weight is 488 g/mol. The molecule has 0 bridgehead atoms. The molecule has 1 saturated carbocycles. The lowest BCUT2D eigenvalue weighted by Gasteiger charge is -2.34. The molecule has 5 rings (SSSR count). The standard InChI is InChI=1S/C25H30ClN3O5/c26-17-12-29(22-19(30)13-34-23(17)22)25(33)21(14-5-2-1-3-6-14)28-24(32)16-9-10-18-15(11-16)7-4-8-20(31)27-18/h9-11,14,17,21-23H,1-8,12-13H2,(H,27,31)(H,28,32)/t17-,21-,22+,23+/m0/s1. The second-order valence-electron chi connectivity index (χ2n) is 9.82. The maximum Gasteiger partial charge on any atom is 0.251 e. The van der Waals surface area contributed by atoms with E-state index in [-0.39, 0.29) is 42.6 Å². The van der Waals surface area contributed by atoms with Gasteiger partial charge in [-0.3, -0.25) is 19.2 Å². The van der Waals surface area contributed by atoms with Crippen LogP contribution in [0.2, 0.25) is 0 Å². The summed E-state index contributed by atoms with van der Waals surface area (Å²) in [6, 6.07) is 3.84. The monoisotopic (exact) mass is 487 g/mol. The number of hydrogen-bond donors (Lipinski definition) is 2. The number of alkyl halides is 1. The first-order valence-corrected chi connectivity index (χ1v) is 12.7. The number of rotatable bonds is 4. The van der Waals surface area contributed by atoms with Crippen molar-refractivity contribution in [1.82, 2.24) is 10.2 Å². The predicted octanol–water partition coefficient (Wildman–Crippen LogP) is 2.43. The number of carbonyl (C=O) groups is 4. The molecule has 3 amide bonds. The molecule has 34 heavy (non-hydrogen) atoms. The fourth-order valence-corrected chi connectivity index (χ4v) is 6.15. The van der Waals surface area contributed by atoms with E-state index >= 15 is 0 Å². The molecule has 4 aliphatic rings. The largest absolute Gasteiger partial charge is 0.366 e. The number of likely N-dealkylation sites (tertiary alicyclic amines) is 1. The van der Waals surface area contributed by atoms with Gasteiger partial charge >= 0.3 is 0 Å². The number of Topliss-reactive ketones (excluding diaryl/α,β-unsaturated/α-hetero) is 1. The Morgan fingerprint density at radius 3 is 2.71 bits per heavy atom. The normalized spacial score (nSPS) is 28.0. The topological polar surface area (TPSA) is 105 Å². The van der Waals surface area contributed by atoms with Crippen LogP contribution in [0.1, 0.15) is 60.9 Å². The van der Waals surface area contributed by atoms with Gasteiger partial charge in [0, 0.05) is 24.2 Å². The van der Waals surface area contributed by atoms with Gasteiger partial charge in [-0.15, -0.1) is 11.6 Å². The highest BCUT2D eigenvalue weighted by molar-refractivity contribution is 6.22. The van der Waals surface area contributed by atoms with Crippen molar-refractivity contribution >= 4 is 40.8 Å². The summed E-state index contributed by atoms with van der Waals surface area (Å²) < 4.78 is 5.54. The van der Waals surface area contributed by atoms with Gasteiger partial charge in [-0.25, -0.2) is 0 Å². The molecule has 3 aliphatic heterocycles. The summed E-state index contributed by atoms with van der Waals surface area (Å²) in [7, 11) is 0. The molecule has 0 radical (unpaired) electrons. The number of anilines is 1. The smallest absolute Gasteiger partial charge is 0.251 e. The summed E-state index contributed by atoms with van der Waals surface area (Å²) in [4.78, 5) is 52.9. The summed E-state index contributed by atoms with van der Waals surface area (Å²) in [6.07, 6.45) is 6.23. The number of ketones is 1. The summed E-state index contributed by atoms with van der Waals surface area (Å²) >= 11 is 6.41. The third-order valence-electron chi connectivity index (χ3n) is 7.57. The fourth-order valence-electron chi connectivity index (χ4n) is 5.79. The van der Waals surface area contributed by atoms with E-state index in [1.54, 1.807) is 18.2 Å². The second kappa shape index (κ2) is 9.66. The third kappa shape index (κ3) is 4.45.